The molecular formula is C75H60Cl6IN17O6S. The molecule has 16 rings (SSSR count). The largest absolute Gasteiger partial charge is 0.369 e. The molecule has 6 aromatic carbocycles. The highest BCUT2D eigenvalue weighted by atomic mass is 127. The molecule has 4 aliphatic rings. The second-order valence-electron chi connectivity index (χ2n) is 26.3. The third kappa shape index (κ3) is 14.1. The van der Waals surface area contributed by atoms with Gasteiger partial charge in [0.05, 0.1) is 29.5 Å². The van der Waals surface area contributed by atoms with E-state index in [1.807, 2.05) is 102 Å². The lowest BCUT2D eigenvalue weighted by atomic mass is 9.91. The second kappa shape index (κ2) is 29.7. The molecular weight excluding hydrogens is 1610 g/mol. The van der Waals surface area contributed by atoms with Crippen LogP contribution >= 0.6 is 92.2 Å². The first-order valence-electron chi connectivity index (χ1n) is 32.9. The molecule has 23 nitrogen and oxygen atoms in total. The van der Waals surface area contributed by atoms with Crippen molar-refractivity contribution < 1.29 is 27.6 Å². The molecule has 10 heterocycles. The Kier molecular flexibility index (Phi) is 20.5. The number of nitrogens with two attached hydrogens (primary N) is 1. The molecule has 6 aromatic heterocycles. The van der Waals surface area contributed by atoms with E-state index < -0.39 is 38.5 Å². The Bertz CT molecular complexity index is 5430. The van der Waals surface area contributed by atoms with Gasteiger partial charge in [-0.1, -0.05) is 142 Å². The quantitative estimate of drug-likeness (QED) is 0.0934. The van der Waals surface area contributed by atoms with Gasteiger partial charge < -0.3 is 10.3 Å². The first kappa shape index (κ1) is 73.4. The molecule has 1 saturated heterocycles. The van der Waals surface area contributed by atoms with Gasteiger partial charge in [0.25, 0.3) is 27.7 Å². The molecule has 3 atom stereocenters. The number of benzene rings is 6. The summed E-state index contributed by atoms with van der Waals surface area (Å²) in [6.45, 7) is 5.81. The van der Waals surface area contributed by atoms with Crippen molar-refractivity contribution in [3.8, 4) is 33.4 Å². The van der Waals surface area contributed by atoms with Crippen LogP contribution in [-0.4, -0.2) is 108 Å². The lowest BCUT2D eigenvalue weighted by molar-refractivity contribution is -0.124. The van der Waals surface area contributed by atoms with Crippen LogP contribution in [0.25, 0.3) is 33.4 Å². The summed E-state index contributed by atoms with van der Waals surface area (Å²) in [4.78, 5) is 95.7. The number of hydrogen-bond acceptors (Lipinski definition) is 15. The van der Waals surface area contributed by atoms with Crippen LogP contribution in [0.15, 0.2) is 213 Å². The fourth-order valence-electron chi connectivity index (χ4n) is 13.9. The van der Waals surface area contributed by atoms with Gasteiger partial charge in [0, 0.05) is 135 Å². The first-order valence-corrected chi connectivity index (χ1v) is 37.7. The molecule has 0 spiro atoms. The highest BCUT2D eigenvalue weighted by Gasteiger charge is 2.54. The van der Waals surface area contributed by atoms with Crippen LogP contribution in [0, 0.1) is 9.62 Å². The summed E-state index contributed by atoms with van der Waals surface area (Å²) in [5.74, 6) is -0.160. The molecule has 0 radical (unpaired) electrons. The number of imidazole rings is 3. The molecule has 31 heteroatoms. The standard InChI is InChI=1S/C29H27Cl2N7O4S.C23H16Cl2IN5O.C23H17Cl2N5O/c1-29(13-18-2-4-19(5-3-18)21-14-33-17-34-15-21)27(40)37(24-11-22(30)10-23(31)12-24)28-35-16-25(38(28)29)43(41,42)36-8-6-20(7-9-36)26(32)39;1-23(9-14-2-4-15(5-3-14)16-10-27-13-28-11-16)21(32)30(22-29-12-20(26)31(22)23)19-7-17(24)6-18(25)8-19;1-23(11-15-2-4-16(5-3-15)17-12-26-14-27-13-17)21(31)30(22-28-6-7-29(22)23)20-9-18(24)8-19(25)10-20/h2-5,10-12,14-17,20H,6-9,13H2,1H3,(H2,32,39);2-8,10-13H,9H2,1H3;2-10,12-14H,11H2,1H3/t29-;2*23-/m111/s1. The minimum absolute atomic E-state index is 0.0858. The SMILES string of the molecule is C[C@@]1(Cc2ccc(-c3cncnc3)cc2)C(=O)N(c2cc(Cl)cc(Cl)c2)c2ncc(I)n21.C[C@@]1(Cc2ccc(-c3cncnc3)cc2)C(=O)N(c2cc(Cl)cc(Cl)c2)c2ncc(S(=O)(=O)N3CCC(C(N)=O)CC3)n21.C[C@@]1(Cc2ccc(-c3cncnc3)cc2)C(=O)N(c2cc(Cl)cc(Cl)c2)c2nccn21. The van der Waals surface area contributed by atoms with Crippen molar-refractivity contribution >= 4 is 161 Å². The number of carbonyl (C=O) groups is 4. The maximum absolute atomic E-state index is 14.3. The van der Waals surface area contributed by atoms with Crippen LogP contribution in [0.1, 0.15) is 50.3 Å². The third-order valence-corrected chi connectivity index (χ3v) is 23.0. The number of anilines is 6. The molecule has 4 aliphatic heterocycles. The average Bonchev–Trinajstić information content (AvgIpc) is 1.56. The second-order valence-corrected chi connectivity index (χ2v) is 31.9. The molecule has 0 aliphatic carbocycles. The van der Waals surface area contributed by atoms with E-state index in [2.05, 4.69) is 67.4 Å². The van der Waals surface area contributed by atoms with Crippen LogP contribution in [0.2, 0.25) is 30.1 Å². The predicted octanol–water partition coefficient (Wildman–Crippen LogP) is 15.3. The Morgan fingerprint density at radius 1 is 0.462 bits per heavy atom. The van der Waals surface area contributed by atoms with Crippen LogP contribution in [0.4, 0.5) is 34.9 Å². The van der Waals surface area contributed by atoms with E-state index in [1.54, 1.807) is 121 Å². The lowest BCUT2D eigenvalue weighted by Crippen LogP contribution is -2.45. The van der Waals surface area contributed by atoms with Gasteiger partial charge in [-0.3, -0.25) is 28.3 Å². The van der Waals surface area contributed by atoms with Gasteiger partial charge >= 0.3 is 0 Å². The zero-order valence-corrected chi connectivity index (χ0v) is 63.9. The number of fused-ring (bicyclic) bond motifs is 3. The van der Waals surface area contributed by atoms with Crippen molar-refractivity contribution in [1.29, 1.82) is 0 Å². The summed E-state index contributed by atoms with van der Waals surface area (Å²) >= 11 is 39.6. The molecule has 0 unspecified atom stereocenters. The number of aromatic nitrogens is 12. The highest BCUT2D eigenvalue weighted by molar-refractivity contribution is 14.1. The Morgan fingerprint density at radius 2 is 0.802 bits per heavy atom. The zero-order chi connectivity index (χ0) is 74.6. The molecule has 12 aromatic rings. The van der Waals surface area contributed by atoms with E-state index in [0.717, 1.165) is 53.8 Å². The van der Waals surface area contributed by atoms with Gasteiger partial charge in [0.15, 0.2) is 5.03 Å². The average molecular weight is 1670 g/mol. The van der Waals surface area contributed by atoms with E-state index >= 15 is 0 Å². The number of nitrogens with zero attached hydrogens (tertiary/aromatic N) is 16. The van der Waals surface area contributed by atoms with Gasteiger partial charge in [0.2, 0.25) is 23.8 Å². The molecule has 4 amide bonds. The monoisotopic (exact) mass is 1660 g/mol. The van der Waals surface area contributed by atoms with Crippen LogP contribution in [0.5, 0.6) is 0 Å². The minimum atomic E-state index is -4.11. The summed E-state index contributed by atoms with van der Waals surface area (Å²) in [5.41, 5.74) is 12.5. The Hall–Kier alpha value is -9.55. The minimum Gasteiger partial charge on any atom is -0.369 e. The molecule has 106 heavy (non-hydrogen) atoms. The fourth-order valence-corrected chi connectivity index (χ4v) is 18.0. The molecule has 1 fully saturated rings. The summed E-state index contributed by atoms with van der Waals surface area (Å²) in [6, 6.07) is 38.6. The van der Waals surface area contributed by atoms with Crippen LogP contribution in [-0.2, 0) is 65.1 Å². The van der Waals surface area contributed by atoms with Crippen LogP contribution < -0.4 is 20.4 Å². The third-order valence-electron chi connectivity index (χ3n) is 19.1. The van der Waals surface area contributed by atoms with Crippen molar-refractivity contribution in [1.82, 2.24) is 62.9 Å². The topological polar surface area (TPSA) is 272 Å². The van der Waals surface area contributed by atoms with E-state index in [4.69, 9.17) is 75.3 Å². The van der Waals surface area contributed by atoms with E-state index in [0.29, 0.717) is 84.8 Å². The predicted molar refractivity (Wildman–Crippen MR) is 415 cm³/mol. The van der Waals surface area contributed by atoms with Gasteiger partial charge in [0.1, 0.15) is 39.3 Å². The van der Waals surface area contributed by atoms with Gasteiger partial charge in [-0.25, -0.2) is 68.0 Å². The van der Waals surface area contributed by atoms with Crippen molar-refractivity contribution in [3.05, 3.63) is 259 Å². The van der Waals surface area contributed by atoms with Gasteiger partial charge in [-0.2, -0.15) is 4.31 Å². The summed E-state index contributed by atoms with van der Waals surface area (Å²) < 4.78 is 35.7. The van der Waals surface area contributed by atoms with Gasteiger partial charge in [-0.15, -0.1) is 0 Å². The van der Waals surface area contributed by atoms with E-state index in [1.165, 1.54) is 39.0 Å². The Balaban J connectivity index is 0.000000136. The smallest absolute Gasteiger partial charge is 0.260 e. The maximum Gasteiger partial charge on any atom is 0.260 e. The molecule has 0 bridgehead atoms. The highest BCUT2D eigenvalue weighted by Crippen LogP contribution is 2.48. The normalized spacial score (nSPS) is 18.4. The number of carbonyl (C=O) groups excluding carboxylic acids is 4. The number of primary amides is 1. The summed E-state index contributed by atoms with van der Waals surface area (Å²) in [5, 5.41) is 2.35. The summed E-state index contributed by atoms with van der Waals surface area (Å²) in [6.07, 6.45) is 23.3. The number of piperidine rings is 1. The van der Waals surface area contributed by atoms with Gasteiger partial charge in [-0.05, 0) is 144 Å². The first-order chi connectivity index (χ1) is 50.8. The fraction of sp³-hybridized carbons (Fsp3) is 0.187. The lowest BCUT2D eigenvalue weighted by Gasteiger charge is -2.31. The van der Waals surface area contributed by atoms with Crippen LogP contribution in [0.3, 0.4) is 0 Å². The molecule has 2 N–H and O–H groups in total. The number of amides is 4. The number of halogens is 7. The number of hydrogen-bond donors (Lipinski definition) is 1. The van der Waals surface area contributed by atoms with E-state index in [9.17, 15) is 27.6 Å². The van der Waals surface area contributed by atoms with Crippen molar-refractivity contribution in [3.63, 3.8) is 0 Å². The Labute approximate surface area is 652 Å². The van der Waals surface area contributed by atoms with E-state index in [-0.39, 0.29) is 48.2 Å². The summed E-state index contributed by atoms with van der Waals surface area (Å²) in [7, 11) is -4.11. The van der Waals surface area contributed by atoms with Crippen molar-refractivity contribution in [2.24, 2.45) is 11.7 Å². The van der Waals surface area contributed by atoms with Crippen molar-refractivity contribution in [2.45, 2.75) is 74.5 Å². The number of rotatable bonds is 15. The number of sulfonamides is 1. The van der Waals surface area contributed by atoms with Crippen molar-refractivity contribution in [2.75, 3.05) is 27.8 Å². The zero-order valence-electron chi connectivity index (χ0n) is 56.4. The molecule has 0 saturated carbocycles. The molecule has 536 valence electrons. The maximum atomic E-state index is 14.3. The Morgan fingerprint density at radius 3 is 1.19 bits per heavy atom.